The average Bonchev–Trinajstić information content (AvgIpc) is 2.22. The lowest BCUT2D eigenvalue weighted by Crippen LogP contribution is -2.47. The Morgan fingerprint density at radius 3 is 2.25 bits per heavy atom. The zero-order valence-corrected chi connectivity index (χ0v) is 12.3. The number of rotatable bonds is 9. The minimum atomic E-state index is 0.253. The second kappa shape index (κ2) is 8.08. The molecule has 0 aromatic rings. The smallest absolute Gasteiger partial charge is 0.0271 e. The predicted octanol–water partition coefficient (Wildman–Crippen LogP) is 3.13. The lowest BCUT2D eigenvalue weighted by atomic mass is 9.98. The van der Waals surface area contributed by atoms with E-state index in [0.717, 1.165) is 12.5 Å². The second-order valence-electron chi connectivity index (χ2n) is 5.75. The van der Waals surface area contributed by atoms with Gasteiger partial charge in [0.25, 0.3) is 0 Å². The topological polar surface area (TPSA) is 15.3 Å². The Morgan fingerprint density at radius 1 is 1.19 bits per heavy atom. The fourth-order valence-electron chi connectivity index (χ4n) is 1.68. The van der Waals surface area contributed by atoms with Crippen LogP contribution < -0.4 is 5.32 Å². The molecule has 1 N–H and O–H groups in total. The summed E-state index contributed by atoms with van der Waals surface area (Å²) in [5, 5.41) is 3.63. The van der Waals surface area contributed by atoms with Crippen LogP contribution >= 0.6 is 0 Å². The quantitative estimate of drug-likeness (QED) is 0.652. The lowest BCUT2D eigenvalue weighted by Gasteiger charge is -2.33. The molecular weight excluding hydrogens is 196 g/mol. The van der Waals surface area contributed by atoms with Gasteiger partial charge in [0.2, 0.25) is 0 Å². The van der Waals surface area contributed by atoms with E-state index in [2.05, 4.69) is 52.0 Å². The first-order chi connectivity index (χ1) is 7.44. The van der Waals surface area contributed by atoms with E-state index in [-0.39, 0.29) is 5.54 Å². The van der Waals surface area contributed by atoms with Gasteiger partial charge in [-0.05, 0) is 46.8 Å². The van der Waals surface area contributed by atoms with E-state index >= 15 is 0 Å². The molecule has 16 heavy (non-hydrogen) atoms. The largest absolute Gasteiger partial charge is 0.315 e. The highest BCUT2D eigenvalue weighted by atomic mass is 15.2. The van der Waals surface area contributed by atoms with Gasteiger partial charge < -0.3 is 10.2 Å². The molecule has 2 heteroatoms. The van der Waals surface area contributed by atoms with E-state index in [1.165, 1.54) is 32.2 Å². The molecule has 0 saturated heterocycles. The Labute approximate surface area is 103 Å². The van der Waals surface area contributed by atoms with Gasteiger partial charge in [0.1, 0.15) is 0 Å². The highest BCUT2D eigenvalue weighted by molar-refractivity contribution is 4.80. The number of nitrogens with one attached hydrogen (secondary N) is 1. The van der Waals surface area contributed by atoms with Crippen LogP contribution in [0.3, 0.4) is 0 Å². The minimum Gasteiger partial charge on any atom is -0.315 e. The molecule has 1 atom stereocenters. The summed E-state index contributed by atoms with van der Waals surface area (Å²) in [6, 6.07) is 0. The Hall–Kier alpha value is -0.0800. The van der Waals surface area contributed by atoms with Crippen LogP contribution in [0.1, 0.15) is 53.4 Å². The van der Waals surface area contributed by atoms with Crippen molar-refractivity contribution in [3.63, 3.8) is 0 Å². The normalized spacial score (nSPS) is 14.4. The van der Waals surface area contributed by atoms with Crippen molar-refractivity contribution in [3.8, 4) is 0 Å². The maximum atomic E-state index is 3.63. The highest BCUT2D eigenvalue weighted by Gasteiger charge is 2.19. The molecule has 0 aliphatic carbocycles. The summed E-state index contributed by atoms with van der Waals surface area (Å²) >= 11 is 0. The van der Waals surface area contributed by atoms with Crippen molar-refractivity contribution < 1.29 is 0 Å². The third-order valence-electron chi connectivity index (χ3n) is 3.74. The van der Waals surface area contributed by atoms with E-state index in [0.29, 0.717) is 0 Å². The van der Waals surface area contributed by atoms with Crippen molar-refractivity contribution in [2.75, 3.05) is 27.2 Å². The van der Waals surface area contributed by atoms with Crippen molar-refractivity contribution in [1.29, 1.82) is 0 Å². The summed E-state index contributed by atoms with van der Waals surface area (Å²) < 4.78 is 0. The van der Waals surface area contributed by atoms with Crippen molar-refractivity contribution in [2.24, 2.45) is 5.92 Å². The molecule has 0 aliphatic heterocycles. The van der Waals surface area contributed by atoms with Crippen LogP contribution in [0.25, 0.3) is 0 Å². The highest BCUT2D eigenvalue weighted by Crippen LogP contribution is 2.12. The first-order valence-corrected chi connectivity index (χ1v) is 6.82. The predicted molar refractivity (Wildman–Crippen MR) is 73.9 cm³/mol. The molecule has 98 valence electrons. The summed E-state index contributed by atoms with van der Waals surface area (Å²) in [6.07, 6.45) is 5.37. The third kappa shape index (κ3) is 6.49. The first-order valence-electron chi connectivity index (χ1n) is 6.82. The van der Waals surface area contributed by atoms with Crippen LogP contribution in [0.15, 0.2) is 0 Å². The second-order valence-corrected chi connectivity index (χ2v) is 5.75. The van der Waals surface area contributed by atoms with Crippen LogP contribution in [0.2, 0.25) is 0 Å². The van der Waals surface area contributed by atoms with Gasteiger partial charge in [-0.3, -0.25) is 0 Å². The summed E-state index contributed by atoms with van der Waals surface area (Å²) in [5.74, 6) is 0.859. The fourth-order valence-corrected chi connectivity index (χ4v) is 1.68. The molecule has 0 saturated carbocycles. The Morgan fingerprint density at radius 2 is 1.81 bits per heavy atom. The van der Waals surface area contributed by atoms with Gasteiger partial charge in [0.05, 0.1) is 0 Å². The molecular formula is C14H32N2. The molecule has 0 aromatic heterocycles. The van der Waals surface area contributed by atoms with Gasteiger partial charge in [-0.2, -0.15) is 0 Å². The molecule has 0 amide bonds. The maximum Gasteiger partial charge on any atom is 0.0271 e. The van der Waals surface area contributed by atoms with Crippen molar-refractivity contribution >= 4 is 0 Å². The first kappa shape index (κ1) is 15.9. The molecule has 2 nitrogen and oxygen atoms in total. The van der Waals surface area contributed by atoms with Gasteiger partial charge >= 0.3 is 0 Å². The zero-order valence-electron chi connectivity index (χ0n) is 12.3. The van der Waals surface area contributed by atoms with E-state index in [4.69, 9.17) is 0 Å². The van der Waals surface area contributed by atoms with Crippen molar-refractivity contribution in [1.82, 2.24) is 10.2 Å². The lowest BCUT2D eigenvalue weighted by molar-refractivity contribution is 0.186. The van der Waals surface area contributed by atoms with Crippen LogP contribution in [0.4, 0.5) is 0 Å². The zero-order chi connectivity index (χ0) is 12.6. The van der Waals surface area contributed by atoms with E-state index in [1.54, 1.807) is 0 Å². The van der Waals surface area contributed by atoms with Gasteiger partial charge in [-0.15, -0.1) is 0 Å². The Kier molecular flexibility index (Phi) is 8.04. The van der Waals surface area contributed by atoms with E-state index in [9.17, 15) is 0 Å². The van der Waals surface area contributed by atoms with Crippen LogP contribution in [-0.4, -0.2) is 37.6 Å². The fraction of sp³-hybridized carbons (Fsp3) is 1.00. The monoisotopic (exact) mass is 228 g/mol. The van der Waals surface area contributed by atoms with Gasteiger partial charge in [0.15, 0.2) is 0 Å². The number of nitrogens with zero attached hydrogens (tertiary/aromatic N) is 1. The number of hydrogen-bond donors (Lipinski definition) is 1. The molecule has 0 bridgehead atoms. The summed E-state index contributed by atoms with van der Waals surface area (Å²) in [4.78, 5) is 2.28. The van der Waals surface area contributed by atoms with Gasteiger partial charge in [0, 0.05) is 12.1 Å². The Balaban J connectivity index is 3.77. The summed E-state index contributed by atoms with van der Waals surface area (Å²) in [7, 11) is 4.30. The molecule has 0 aliphatic rings. The number of unbranched alkanes of at least 4 members (excludes halogenated alkanes) is 1. The van der Waals surface area contributed by atoms with Gasteiger partial charge in [-0.1, -0.05) is 33.1 Å². The molecule has 0 spiro atoms. The Bertz CT molecular complexity index is 164. The third-order valence-corrected chi connectivity index (χ3v) is 3.74. The SMILES string of the molecule is CCCCC(CC)CNCC(C)(C)N(C)C. The molecule has 0 aromatic carbocycles. The maximum absolute atomic E-state index is 3.63. The number of hydrogen-bond acceptors (Lipinski definition) is 2. The van der Waals surface area contributed by atoms with Gasteiger partial charge in [-0.25, -0.2) is 0 Å². The minimum absolute atomic E-state index is 0.253. The molecule has 0 heterocycles. The average molecular weight is 228 g/mol. The molecule has 0 radical (unpaired) electrons. The molecule has 1 unspecified atom stereocenters. The summed E-state index contributed by atoms with van der Waals surface area (Å²) in [5.41, 5.74) is 0.253. The van der Waals surface area contributed by atoms with Crippen molar-refractivity contribution in [2.45, 2.75) is 58.9 Å². The van der Waals surface area contributed by atoms with Crippen LogP contribution in [0, 0.1) is 5.92 Å². The van der Waals surface area contributed by atoms with E-state index in [1.807, 2.05) is 0 Å². The standard InChI is InChI=1S/C14H32N2/c1-7-9-10-13(8-2)11-15-12-14(3,4)16(5)6/h13,15H,7-12H2,1-6H3. The molecule has 0 rings (SSSR count). The molecule has 0 fully saturated rings. The number of likely N-dealkylation sites (N-methyl/N-ethyl adjacent to an activating group) is 1. The van der Waals surface area contributed by atoms with Crippen LogP contribution in [-0.2, 0) is 0 Å². The summed E-state index contributed by atoms with van der Waals surface area (Å²) in [6.45, 7) is 11.4. The van der Waals surface area contributed by atoms with E-state index < -0.39 is 0 Å². The van der Waals surface area contributed by atoms with Crippen LogP contribution in [0.5, 0.6) is 0 Å². The van der Waals surface area contributed by atoms with Crippen molar-refractivity contribution in [3.05, 3.63) is 0 Å².